The highest BCUT2D eigenvalue weighted by molar-refractivity contribution is 5.91. The Morgan fingerprint density at radius 1 is 0.875 bits per heavy atom. The lowest BCUT2D eigenvalue weighted by atomic mass is 10.2. The van der Waals surface area contributed by atoms with Crippen molar-refractivity contribution in [2.24, 2.45) is 16.5 Å². The maximum absolute atomic E-state index is 12.7. The Kier molecular flexibility index (Phi) is 11.9. The second kappa shape index (κ2) is 15.3. The number of benzene rings is 2. The van der Waals surface area contributed by atoms with Gasteiger partial charge in [-0.05, 0) is 42.0 Å². The van der Waals surface area contributed by atoms with E-state index in [-0.39, 0.29) is 50.1 Å². The molecular weight excluding hydrogens is 532 g/mol. The summed E-state index contributed by atoms with van der Waals surface area (Å²) >= 11 is 0. The van der Waals surface area contributed by atoms with E-state index in [0.29, 0.717) is 16.2 Å². The third-order valence-corrected chi connectivity index (χ3v) is 5.06. The number of aliphatic carboxylic acids is 3. The summed E-state index contributed by atoms with van der Waals surface area (Å²) in [4.78, 5) is 62.9. The zero-order valence-electron chi connectivity index (χ0n) is 21.1. The van der Waals surface area contributed by atoms with Crippen molar-refractivity contribution in [3.05, 3.63) is 59.7 Å². The minimum atomic E-state index is -1.75. The Hall–Kier alpha value is -5.18. The van der Waals surface area contributed by atoms with E-state index in [4.69, 9.17) is 35.9 Å². The topological polar surface area (TPSA) is 241 Å². The number of carbonyl (C=O) groups excluding carboxylic acids is 2. The molecule has 214 valence electrons. The van der Waals surface area contributed by atoms with Crippen LogP contribution >= 0.6 is 0 Å². The lowest BCUT2D eigenvalue weighted by Gasteiger charge is -2.27. The number of rotatable bonds is 15. The first kappa shape index (κ1) is 31.0. The summed E-state index contributed by atoms with van der Waals surface area (Å²) in [5, 5.41) is 27.2. The summed E-state index contributed by atoms with van der Waals surface area (Å²) in [5.74, 6) is -4.70. The number of carboxylic acid groups (broad SMARTS) is 3. The van der Waals surface area contributed by atoms with E-state index in [1.165, 1.54) is 48.5 Å². The predicted octanol–water partition coefficient (Wildman–Crippen LogP) is 1.17. The van der Waals surface area contributed by atoms with Gasteiger partial charge in [-0.25, -0.2) is 19.4 Å². The summed E-state index contributed by atoms with van der Waals surface area (Å²) in [5.41, 5.74) is 11.8. The van der Waals surface area contributed by atoms with Gasteiger partial charge >= 0.3 is 30.0 Å². The molecule has 2 rings (SSSR count). The van der Waals surface area contributed by atoms with E-state index < -0.39 is 42.4 Å². The summed E-state index contributed by atoms with van der Waals surface area (Å²) in [6.45, 7) is -1.10. The van der Waals surface area contributed by atoms with Crippen LogP contribution in [0.15, 0.2) is 53.5 Å². The number of guanidine groups is 1. The van der Waals surface area contributed by atoms with Crippen LogP contribution in [-0.4, -0.2) is 81.9 Å². The minimum Gasteiger partial charge on any atom is -0.481 e. The van der Waals surface area contributed by atoms with Gasteiger partial charge in [0.1, 0.15) is 18.4 Å². The van der Waals surface area contributed by atoms with Gasteiger partial charge in [0, 0.05) is 6.54 Å². The maximum Gasteiger partial charge on any atom is 0.410 e. The van der Waals surface area contributed by atoms with Crippen molar-refractivity contribution in [2.45, 2.75) is 25.5 Å². The zero-order chi connectivity index (χ0) is 29.7. The van der Waals surface area contributed by atoms with Crippen molar-refractivity contribution >= 4 is 41.6 Å². The van der Waals surface area contributed by atoms with E-state index in [1.54, 1.807) is 0 Å². The number of ether oxygens (including phenoxy) is 3. The van der Waals surface area contributed by atoms with Crippen molar-refractivity contribution in [3.8, 4) is 5.75 Å². The van der Waals surface area contributed by atoms with Crippen LogP contribution in [0.4, 0.5) is 10.5 Å². The second-order valence-electron chi connectivity index (χ2n) is 8.07. The molecule has 15 heteroatoms. The van der Waals surface area contributed by atoms with Gasteiger partial charge in [0.25, 0.3) is 0 Å². The van der Waals surface area contributed by atoms with Crippen LogP contribution in [-0.2, 0) is 30.5 Å². The fraction of sp³-hybridized carbons (Fsp3) is 0.280. The van der Waals surface area contributed by atoms with E-state index in [2.05, 4.69) is 4.99 Å². The van der Waals surface area contributed by atoms with Crippen molar-refractivity contribution in [3.63, 3.8) is 0 Å². The van der Waals surface area contributed by atoms with Crippen LogP contribution in [0, 0.1) is 0 Å². The van der Waals surface area contributed by atoms with Crippen molar-refractivity contribution < 1.29 is 53.5 Å². The summed E-state index contributed by atoms with van der Waals surface area (Å²) in [7, 11) is 0. The van der Waals surface area contributed by atoms with E-state index in [0.717, 1.165) is 0 Å². The van der Waals surface area contributed by atoms with Crippen molar-refractivity contribution in [1.29, 1.82) is 0 Å². The summed E-state index contributed by atoms with van der Waals surface area (Å²) in [6, 6.07) is 10.2. The van der Waals surface area contributed by atoms with E-state index >= 15 is 0 Å². The molecule has 0 aromatic heterocycles. The van der Waals surface area contributed by atoms with Gasteiger partial charge in [0.2, 0.25) is 0 Å². The number of esters is 1. The van der Waals surface area contributed by atoms with Gasteiger partial charge in [0.05, 0.1) is 37.3 Å². The third kappa shape index (κ3) is 10.7. The second-order valence-corrected chi connectivity index (χ2v) is 8.07. The quantitative estimate of drug-likeness (QED) is 0.0676. The molecule has 0 radical (unpaired) electrons. The molecule has 0 saturated carbocycles. The molecule has 40 heavy (non-hydrogen) atoms. The average Bonchev–Trinajstić information content (AvgIpc) is 2.88. The van der Waals surface area contributed by atoms with Gasteiger partial charge in [0.15, 0.2) is 5.96 Å². The van der Waals surface area contributed by atoms with Crippen LogP contribution in [0.1, 0.15) is 28.8 Å². The van der Waals surface area contributed by atoms with E-state index in [9.17, 15) is 29.1 Å². The number of aliphatic imine (C=N–C) groups is 1. The summed E-state index contributed by atoms with van der Waals surface area (Å²) < 4.78 is 15.6. The molecule has 0 aliphatic heterocycles. The Bertz CT molecular complexity index is 1230. The molecule has 0 spiro atoms. The highest BCUT2D eigenvalue weighted by atomic mass is 16.6. The Labute approximate surface area is 227 Å². The molecule has 0 aliphatic rings. The molecule has 0 aliphatic carbocycles. The monoisotopic (exact) mass is 560 g/mol. The van der Waals surface area contributed by atoms with Crippen molar-refractivity contribution in [1.82, 2.24) is 4.90 Å². The van der Waals surface area contributed by atoms with Crippen LogP contribution in [0.25, 0.3) is 0 Å². The molecule has 7 N–H and O–H groups in total. The lowest BCUT2D eigenvalue weighted by molar-refractivity contribution is -0.149. The average molecular weight is 561 g/mol. The molecule has 0 bridgehead atoms. The molecule has 1 unspecified atom stereocenters. The Morgan fingerprint density at radius 2 is 1.52 bits per heavy atom. The fourth-order valence-corrected chi connectivity index (χ4v) is 3.16. The molecule has 1 amide bonds. The standard InChI is InChI=1S/C25H28N4O11/c26-24(27)28-17-5-3-16(4-6-17)23(36)40-18-7-1-15(2-8-18)14-39-25(37)29(10-12-38-11-9-20(30)31)19(22(34)35)13-21(32)33/h1-8,19H,9-14H2,(H,30,31)(H,32,33)(H,34,35)(H4,26,27,28). The van der Waals surface area contributed by atoms with Crippen LogP contribution in [0.2, 0.25) is 0 Å². The number of hydrogen-bond donors (Lipinski definition) is 5. The van der Waals surface area contributed by atoms with Crippen LogP contribution in [0.3, 0.4) is 0 Å². The molecule has 15 nitrogen and oxygen atoms in total. The normalized spacial score (nSPS) is 11.1. The van der Waals surface area contributed by atoms with Gasteiger partial charge < -0.3 is 41.0 Å². The SMILES string of the molecule is NC(N)=Nc1ccc(C(=O)Oc2ccc(COC(=O)N(CCOCCC(=O)O)C(CC(=O)O)C(=O)O)cc2)cc1. The van der Waals surface area contributed by atoms with Gasteiger partial charge in [-0.2, -0.15) is 0 Å². The number of nitrogens with zero attached hydrogens (tertiary/aromatic N) is 2. The molecule has 0 heterocycles. The third-order valence-electron chi connectivity index (χ3n) is 5.06. The first-order valence-corrected chi connectivity index (χ1v) is 11.6. The Balaban J connectivity index is 1.99. The smallest absolute Gasteiger partial charge is 0.410 e. The van der Waals surface area contributed by atoms with Crippen molar-refractivity contribution in [2.75, 3.05) is 19.8 Å². The molecule has 0 fully saturated rings. The Morgan fingerprint density at radius 3 is 2.08 bits per heavy atom. The van der Waals surface area contributed by atoms with Crippen LogP contribution in [0.5, 0.6) is 5.75 Å². The van der Waals surface area contributed by atoms with Gasteiger partial charge in [-0.1, -0.05) is 12.1 Å². The first-order chi connectivity index (χ1) is 19.0. The molecule has 0 saturated heterocycles. The molecule has 2 aromatic carbocycles. The fourth-order valence-electron chi connectivity index (χ4n) is 3.16. The molecular formula is C25H28N4O11. The van der Waals surface area contributed by atoms with Gasteiger partial charge in [-0.15, -0.1) is 0 Å². The lowest BCUT2D eigenvalue weighted by Crippen LogP contribution is -2.48. The molecule has 1 atom stereocenters. The number of carbonyl (C=O) groups is 5. The minimum absolute atomic E-state index is 0.127. The largest absolute Gasteiger partial charge is 0.481 e. The first-order valence-electron chi connectivity index (χ1n) is 11.6. The van der Waals surface area contributed by atoms with Gasteiger partial charge in [-0.3, -0.25) is 14.5 Å². The number of hydrogen-bond acceptors (Lipinski definition) is 9. The highest BCUT2D eigenvalue weighted by Gasteiger charge is 2.32. The van der Waals surface area contributed by atoms with E-state index in [1.807, 2.05) is 0 Å². The summed E-state index contributed by atoms with van der Waals surface area (Å²) in [6.07, 6.45) is -2.31. The van der Waals surface area contributed by atoms with Crippen LogP contribution < -0.4 is 16.2 Å². The number of nitrogens with two attached hydrogens (primary N) is 2. The maximum atomic E-state index is 12.7. The zero-order valence-corrected chi connectivity index (χ0v) is 21.1. The number of amides is 1. The predicted molar refractivity (Wildman–Crippen MR) is 137 cm³/mol. The number of carboxylic acids is 3. The highest BCUT2D eigenvalue weighted by Crippen LogP contribution is 2.18. The molecule has 2 aromatic rings.